The van der Waals surface area contributed by atoms with E-state index in [0.717, 1.165) is 18.5 Å². The molecule has 102 valence electrons. The average Bonchev–Trinajstić information content (AvgIpc) is 2.35. The van der Waals surface area contributed by atoms with E-state index >= 15 is 0 Å². The first-order chi connectivity index (χ1) is 8.39. The van der Waals surface area contributed by atoms with Crippen molar-refractivity contribution in [2.24, 2.45) is 0 Å². The summed E-state index contributed by atoms with van der Waals surface area (Å²) in [6, 6.07) is 7.06. The standard InChI is InChI=1S/C13H22N2O2S/c1-11(2)15(4)18(16,17)13-7-5-12(6-8-13)9-10-14-3/h5-8,11,14H,9-10H2,1-4H3. The predicted molar refractivity (Wildman–Crippen MR) is 74.2 cm³/mol. The molecule has 1 aromatic carbocycles. The van der Waals surface area contributed by atoms with Gasteiger partial charge in [-0.25, -0.2) is 8.42 Å². The summed E-state index contributed by atoms with van der Waals surface area (Å²) >= 11 is 0. The van der Waals surface area contributed by atoms with Crippen molar-refractivity contribution in [3.05, 3.63) is 29.8 Å². The SMILES string of the molecule is CNCCc1ccc(S(=O)(=O)N(C)C(C)C)cc1. The zero-order valence-electron chi connectivity index (χ0n) is 11.5. The number of nitrogens with one attached hydrogen (secondary N) is 1. The van der Waals surface area contributed by atoms with Crippen molar-refractivity contribution >= 4 is 10.0 Å². The third-order valence-electron chi connectivity index (χ3n) is 2.99. The largest absolute Gasteiger partial charge is 0.319 e. The second-order valence-corrected chi connectivity index (χ2v) is 6.61. The van der Waals surface area contributed by atoms with Crippen molar-refractivity contribution in [2.75, 3.05) is 20.6 Å². The van der Waals surface area contributed by atoms with Gasteiger partial charge in [0.25, 0.3) is 0 Å². The Labute approximate surface area is 110 Å². The third-order valence-corrected chi connectivity index (χ3v) is 5.04. The maximum atomic E-state index is 12.2. The van der Waals surface area contributed by atoms with Gasteiger partial charge in [-0.15, -0.1) is 0 Å². The second-order valence-electron chi connectivity index (χ2n) is 4.61. The molecule has 0 heterocycles. The van der Waals surface area contributed by atoms with Crippen LogP contribution < -0.4 is 5.32 Å². The van der Waals surface area contributed by atoms with E-state index < -0.39 is 10.0 Å². The zero-order chi connectivity index (χ0) is 13.8. The van der Waals surface area contributed by atoms with E-state index in [0.29, 0.717) is 4.90 Å². The normalized spacial score (nSPS) is 12.3. The maximum Gasteiger partial charge on any atom is 0.243 e. The molecular weight excluding hydrogens is 248 g/mol. The van der Waals surface area contributed by atoms with Gasteiger partial charge in [0.15, 0.2) is 0 Å². The van der Waals surface area contributed by atoms with Crippen molar-refractivity contribution in [1.82, 2.24) is 9.62 Å². The summed E-state index contributed by atoms with van der Waals surface area (Å²) in [4.78, 5) is 0.354. The first-order valence-corrected chi connectivity index (χ1v) is 7.55. The smallest absolute Gasteiger partial charge is 0.243 e. The highest BCUT2D eigenvalue weighted by atomic mass is 32.2. The molecule has 5 heteroatoms. The third kappa shape index (κ3) is 3.54. The van der Waals surface area contributed by atoms with Crippen LogP contribution in [-0.4, -0.2) is 39.4 Å². The van der Waals surface area contributed by atoms with Crippen LogP contribution in [0, 0.1) is 0 Å². The van der Waals surface area contributed by atoms with Gasteiger partial charge in [-0.1, -0.05) is 12.1 Å². The van der Waals surface area contributed by atoms with Crippen LogP contribution in [0.3, 0.4) is 0 Å². The van der Waals surface area contributed by atoms with Crippen LogP contribution in [0.4, 0.5) is 0 Å². The number of sulfonamides is 1. The second kappa shape index (κ2) is 6.31. The van der Waals surface area contributed by atoms with Gasteiger partial charge in [0, 0.05) is 13.1 Å². The summed E-state index contributed by atoms with van der Waals surface area (Å²) < 4.78 is 25.8. The molecule has 4 nitrogen and oxygen atoms in total. The molecule has 0 aromatic heterocycles. The van der Waals surface area contributed by atoms with Gasteiger partial charge in [0.1, 0.15) is 0 Å². The molecule has 18 heavy (non-hydrogen) atoms. The zero-order valence-corrected chi connectivity index (χ0v) is 12.3. The van der Waals surface area contributed by atoms with Crippen molar-refractivity contribution in [3.63, 3.8) is 0 Å². The fourth-order valence-corrected chi connectivity index (χ4v) is 2.91. The Morgan fingerprint density at radius 1 is 1.22 bits per heavy atom. The Kier molecular flexibility index (Phi) is 5.31. The monoisotopic (exact) mass is 270 g/mol. The van der Waals surface area contributed by atoms with Crippen LogP contribution >= 0.6 is 0 Å². The number of benzene rings is 1. The molecule has 0 aliphatic carbocycles. The average molecular weight is 270 g/mol. The molecule has 1 aromatic rings. The first kappa shape index (κ1) is 15.1. The van der Waals surface area contributed by atoms with Gasteiger partial charge in [-0.05, 0) is 51.6 Å². The van der Waals surface area contributed by atoms with Crippen molar-refractivity contribution in [3.8, 4) is 0 Å². The van der Waals surface area contributed by atoms with Crippen LogP contribution in [0.1, 0.15) is 19.4 Å². The molecular formula is C13H22N2O2S. The highest BCUT2D eigenvalue weighted by Gasteiger charge is 2.22. The highest BCUT2D eigenvalue weighted by Crippen LogP contribution is 2.17. The lowest BCUT2D eigenvalue weighted by atomic mass is 10.1. The Bertz CT molecular complexity index is 466. The number of hydrogen-bond acceptors (Lipinski definition) is 3. The lowest BCUT2D eigenvalue weighted by Gasteiger charge is -2.21. The Morgan fingerprint density at radius 2 is 1.78 bits per heavy atom. The summed E-state index contributed by atoms with van der Waals surface area (Å²) in [6.45, 7) is 4.61. The molecule has 0 atom stereocenters. The fraction of sp³-hybridized carbons (Fsp3) is 0.538. The van der Waals surface area contributed by atoms with Crippen LogP contribution in [0.15, 0.2) is 29.2 Å². The Morgan fingerprint density at radius 3 is 2.22 bits per heavy atom. The van der Waals surface area contributed by atoms with Crippen LogP contribution in [0.25, 0.3) is 0 Å². The van der Waals surface area contributed by atoms with Crippen molar-refractivity contribution in [2.45, 2.75) is 31.2 Å². The molecule has 0 aliphatic heterocycles. The van der Waals surface area contributed by atoms with Crippen LogP contribution in [0.5, 0.6) is 0 Å². The molecule has 0 saturated carbocycles. The van der Waals surface area contributed by atoms with Crippen LogP contribution in [0.2, 0.25) is 0 Å². The Balaban J connectivity index is 2.91. The summed E-state index contributed by atoms with van der Waals surface area (Å²) in [5, 5.41) is 3.07. The number of hydrogen-bond donors (Lipinski definition) is 1. The molecule has 0 radical (unpaired) electrons. The topological polar surface area (TPSA) is 49.4 Å². The van der Waals surface area contributed by atoms with Gasteiger partial charge in [0.05, 0.1) is 4.90 Å². The summed E-state index contributed by atoms with van der Waals surface area (Å²) in [7, 11) is 0.148. The lowest BCUT2D eigenvalue weighted by Crippen LogP contribution is -2.33. The van der Waals surface area contributed by atoms with Crippen molar-refractivity contribution < 1.29 is 8.42 Å². The predicted octanol–water partition coefficient (Wildman–Crippen LogP) is 1.48. The molecule has 1 N–H and O–H groups in total. The Hall–Kier alpha value is -0.910. The molecule has 0 fully saturated rings. The van der Waals surface area contributed by atoms with E-state index in [4.69, 9.17) is 0 Å². The molecule has 0 bridgehead atoms. The van der Waals surface area contributed by atoms with E-state index in [2.05, 4.69) is 5.32 Å². The van der Waals surface area contributed by atoms with Crippen LogP contribution in [-0.2, 0) is 16.4 Å². The number of nitrogens with zero attached hydrogens (tertiary/aromatic N) is 1. The molecule has 0 spiro atoms. The van der Waals surface area contributed by atoms with E-state index in [1.54, 1.807) is 19.2 Å². The van der Waals surface area contributed by atoms with Gasteiger partial charge in [0.2, 0.25) is 10.0 Å². The van der Waals surface area contributed by atoms with Gasteiger partial charge >= 0.3 is 0 Å². The first-order valence-electron chi connectivity index (χ1n) is 6.11. The quantitative estimate of drug-likeness (QED) is 0.852. The molecule has 0 saturated heterocycles. The molecule has 1 rings (SSSR count). The number of rotatable bonds is 6. The summed E-state index contributed by atoms with van der Waals surface area (Å²) in [6.07, 6.45) is 0.900. The highest BCUT2D eigenvalue weighted by molar-refractivity contribution is 7.89. The molecule has 0 amide bonds. The minimum absolute atomic E-state index is 0.0426. The minimum atomic E-state index is -3.36. The van der Waals surface area contributed by atoms with E-state index in [-0.39, 0.29) is 6.04 Å². The van der Waals surface area contributed by atoms with E-state index in [9.17, 15) is 8.42 Å². The molecule has 0 aliphatic rings. The lowest BCUT2D eigenvalue weighted by molar-refractivity contribution is 0.410. The summed E-state index contributed by atoms with van der Waals surface area (Å²) in [5.74, 6) is 0. The minimum Gasteiger partial charge on any atom is -0.319 e. The maximum absolute atomic E-state index is 12.2. The van der Waals surface area contributed by atoms with Gasteiger partial charge in [-0.3, -0.25) is 0 Å². The van der Waals surface area contributed by atoms with Gasteiger partial charge in [-0.2, -0.15) is 4.31 Å². The molecule has 0 unspecified atom stereocenters. The van der Waals surface area contributed by atoms with E-state index in [1.165, 1.54) is 4.31 Å². The van der Waals surface area contributed by atoms with Gasteiger partial charge < -0.3 is 5.32 Å². The number of likely N-dealkylation sites (N-methyl/N-ethyl adjacent to an activating group) is 1. The fourth-order valence-electron chi connectivity index (χ4n) is 1.54. The summed E-state index contributed by atoms with van der Waals surface area (Å²) in [5.41, 5.74) is 1.13. The van der Waals surface area contributed by atoms with E-state index in [1.807, 2.05) is 33.0 Å². The van der Waals surface area contributed by atoms with Crippen molar-refractivity contribution in [1.29, 1.82) is 0 Å².